The van der Waals surface area contributed by atoms with Crippen LogP contribution in [0.25, 0.3) is 0 Å². The number of amides is 2. The smallest absolute Gasteiger partial charge is 0.437 e. The molecule has 0 saturated heterocycles. The molecule has 0 aliphatic heterocycles. The third kappa shape index (κ3) is 9.35. The second-order valence-electron chi connectivity index (χ2n) is 4.48. The average molecular weight is 243 g/mol. The molecule has 0 radical (unpaired) electrons. The lowest BCUT2D eigenvalue weighted by molar-refractivity contribution is -0.108. The summed E-state index contributed by atoms with van der Waals surface area (Å²) in [5, 5.41) is 5.16. The minimum absolute atomic E-state index is 0.114. The second-order valence-corrected chi connectivity index (χ2v) is 4.48. The van der Waals surface area contributed by atoms with Gasteiger partial charge >= 0.3 is 6.09 Å². The van der Waals surface area contributed by atoms with Gasteiger partial charge in [0.2, 0.25) is 12.4 Å². The summed E-state index contributed by atoms with van der Waals surface area (Å²) in [5.74, 6) is 0.114. The van der Waals surface area contributed by atoms with Crippen LogP contribution in [0.4, 0.5) is 4.79 Å². The van der Waals surface area contributed by atoms with Crippen LogP contribution in [0.2, 0.25) is 0 Å². The molecule has 6 heteroatoms. The lowest BCUT2D eigenvalue weighted by Crippen LogP contribution is -2.38. The Morgan fingerprint density at radius 2 is 2.06 bits per heavy atom. The lowest BCUT2D eigenvalue weighted by atomic mass is 10.2. The summed E-state index contributed by atoms with van der Waals surface area (Å²) in [6, 6.07) is 0. The number of unbranched alkanes of at least 4 members (excludes halogenated alkanes) is 1. The Morgan fingerprint density at radius 3 is 2.53 bits per heavy atom. The maximum atomic E-state index is 11.4. The predicted octanol–water partition coefficient (Wildman–Crippen LogP) is 1.41. The fourth-order valence-corrected chi connectivity index (χ4v) is 0.938. The second kappa shape index (κ2) is 7.65. The van der Waals surface area contributed by atoms with Gasteiger partial charge in [0.05, 0.1) is 0 Å². The number of nitrogens with one attached hydrogen (secondary N) is 2. The minimum atomic E-state index is -0.731. The Kier molecular flexibility index (Phi) is 6.93. The molecule has 0 unspecified atom stereocenters. The summed E-state index contributed by atoms with van der Waals surface area (Å²) < 4.78 is 5.00. The number of carbonyl (C=O) groups excluding carboxylic acids is 2. The van der Waals surface area contributed by atoms with Gasteiger partial charge in [-0.05, 0) is 27.2 Å². The summed E-state index contributed by atoms with van der Waals surface area (Å²) in [7, 11) is 0. The molecule has 98 valence electrons. The number of rotatable bonds is 4. The average Bonchev–Trinajstić information content (AvgIpc) is 2.15. The summed E-state index contributed by atoms with van der Waals surface area (Å²) in [6.45, 7) is 7.92. The molecular formula is C11H21N3O3. The van der Waals surface area contributed by atoms with E-state index in [9.17, 15) is 9.59 Å². The Hall–Kier alpha value is -1.59. The molecule has 0 aromatic heterocycles. The SMILES string of the molecule is CCCCN/C(=N/C(=O)OC(C)(C)C)NC=O. The maximum Gasteiger partial charge on any atom is 0.437 e. The van der Waals surface area contributed by atoms with Crippen LogP contribution in [0.1, 0.15) is 40.5 Å². The molecule has 0 heterocycles. The van der Waals surface area contributed by atoms with E-state index in [1.807, 2.05) is 6.92 Å². The van der Waals surface area contributed by atoms with Gasteiger partial charge in [0.15, 0.2) is 0 Å². The number of hydrogen-bond acceptors (Lipinski definition) is 3. The van der Waals surface area contributed by atoms with E-state index in [4.69, 9.17) is 4.74 Å². The van der Waals surface area contributed by atoms with Gasteiger partial charge in [-0.25, -0.2) is 4.79 Å². The number of hydrogen-bond donors (Lipinski definition) is 2. The topological polar surface area (TPSA) is 79.8 Å². The molecule has 0 saturated carbocycles. The van der Waals surface area contributed by atoms with Crippen LogP contribution in [-0.2, 0) is 9.53 Å². The standard InChI is InChI=1S/C11H21N3O3/c1-5-6-7-12-9(13-8-15)14-10(16)17-11(2,3)4/h8H,5-7H2,1-4H3,(H2,12,13,14,15,16). The zero-order valence-corrected chi connectivity index (χ0v) is 10.9. The van der Waals surface area contributed by atoms with E-state index in [1.165, 1.54) is 0 Å². The Balaban J connectivity index is 4.35. The van der Waals surface area contributed by atoms with Gasteiger partial charge < -0.3 is 10.1 Å². The maximum absolute atomic E-state index is 11.4. The summed E-state index contributed by atoms with van der Waals surface area (Å²) in [4.78, 5) is 25.3. The molecule has 2 N–H and O–H groups in total. The molecule has 0 rings (SSSR count). The molecule has 0 aromatic rings. The Labute approximate surface area is 102 Å². The number of aliphatic imine (C=N–C) groups is 1. The largest absolute Gasteiger partial charge is 0.442 e. The number of carbonyl (C=O) groups is 2. The van der Waals surface area contributed by atoms with Crippen LogP contribution in [0.15, 0.2) is 4.99 Å². The highest BCUT2D eigenvalue weighted by Gasteiger charge is 2.16. The summed E-state index contributed by atoms with van der Waals surface area (Å²) in [5.41, 5.74) is -0.601. The first-order chi connectivity index (χ1) is 7.89. The van der Waals surface area contributed by atoms with Crippen molar-refractivity contribution in [2.24, 2.45) is 4.99 Å². The van der Waals surface area contributed by atoms with Crippen molar-refractivity contribution in [2.45, 2.75) is 46.1 Å². The highest BCUT2D eigenvalue weighted by molar-refractivity contribution is 5.95. The first kappa shape index (κ1) is 15.4. The lowest BCUT2D eigenvalue weighted by Gasteiger charge is -2.17. The third-order valence-electron chi connectivity index (χ3n) is 1.62. The summed E-state index contributed by atoms with van der Waals surface area (Å²) >= 11 is 0. The molecule has 0 bridgehead atoms. The van der Waals surface area contributed by atoms with E-state index in [1.54, 1.807) is 20.8 Å². The Morgan fingerprint density at radius 1 is 1.41 bits per heavy atom. The highest BCUT2D eigenvalue weighted by atomic mass is 16.6. The predicted molar refractivity (Wildman–Crippen MR) is 65.8 cm³/mol. The fourth-order valence-electron chi connectivity index (χ4n) is 0.938. The van der Waals surface area contributed by atoms with Crippen molar-refractivity contribution in [3.8, 4) is 0 Å². The van der Waals surface area contributed by atoms with Crippen LogP contribution in [0.3, 0.4) is 0 Å². The third-order valence-corrected chi connectivity index (χ3v) is 1.62. The molecule has 0 spiro atoms. The molecule has 0 aliphatic carbocycles. The normalized spacial score (nSPS) is 11.9. The minimum Gasteiger partial charge on any atom is -0.442 e. The van der Waals surface area contributed by atoms with Crippen LogP contribution < -0.4 is 10.6 Å². The van der Waals surface area contributed by atoms with Gasteiger partial charge in [0.25, 0.3) is 0 Å². The molecule has 0 atom stereocenters. The van der Waals surface area contributed by atoms with E-state index >= 15 is 0 Å². The molecule has 17 heavy (non-hydrogen) atoms. The molecule has 0 fully saturated rings. The number of guanidine groups is 1. The van der Waals surface area contributed by atoms with Crippen molar-refractivity contribution < 1.29 is 14.3 Å². The first-order valence-electron chi connectivity index (χ1n) is 5.64. The van der Waals surface area contributed by atoms with Crippen molar-refractivity contribution in [2.75, 3.05) is 6.54 Å². The molecule has 2 amide bonds. The van der Waals surface area contributed by atoms with Gasteiger partial charge in [-0.3, -0.25) is 10.1 Å². The van der Waals surface area contributed by atoms with E-state index in [0.717, 1.165) is 12.8 Å². The molecule has 0 aliphatic rings. The van der Waals surface area contributed by atoms with Gasteiger partial charge in [0, 0.05) is 6.54 Å². The van der Waals surface area contributed by atoms with Crippen molar-refractivity contribution in [1.82, 2.24) is 10.6 Å². The first-order valence-corrected chi connectivity index (χ1v) is 5.64. The summed E-state index contributed by atoms with van der Waals surface area (Å²) in [6.07, 6.45) is 1.66. The van der Waals surface area contributed by atoms with Gasteiger partial charge in [-0.15, -0.1) is 4.99 Å². The molecule has 0 aromatic carbocycles. The van der Waals surface area contributed by atoms with Crippen molar-refractivity contribution in [3.63, 3.8) is 0 Å². The zero-order chi connectivity index (χ0) is 13.3. The van der Waals surface area contributed by atoms with E-state index in [0.29, 0.717) is 13.0 Å². The van der Waals surface area contributed by atoms with Crippen molar-refractivity contribution in [3.05, 3.63) is 0 Å². The van der Waals surface area contributed by atoms with E-state index in [2.05, 4.69) is 15.6 Å². The zero-order valence-electron chi connectivity index (χ0n) is 10.9. The quantitative estimate of drug-likeness (QED) is 0.338. The highest BCUT2D eigenvalue weighted by Crippen LogP contribution is 2.07. The number of ether oxygens (including phenoxy) is 1. The van der Waals surface area contributed by atoms with Crippen LogP contribution in [-0.4, -0.2) is 30.6 Å². The van der Waals surface area contributed by atoms with E-state index in [-0.39, 0.29) is 5.96 Å². The molecular weight excluding hydrogens is 222 g/mol. The van der Waals surface area contributed by atoms with Crippen LogP contribution in [0, 0.1) is 0 Å². The van der Waals surface area contributed by atoms with Crippen molar-refractivity contribution >= 4 is 18.5 Å². The molecule has 6 nitrogen and oxygen atoms in total. The van der Waals surface area contributed by atoms with Crippen molar-refractivity contribution in [1.29, 1.82) is 0 Å². The van der Waals surface area contributed by atoms with Crippen LogP contribution >= 0.6 is 0 Å². The van der Waals surface area contributed by atoms with Gasteiger partial charge in [-0.2, -0.15) is 0 Å². The van der Waals surface area contributed by atoms with E-state index < -0.39 is 11.7 Å². The number of nitrogens with zero attached hydrogens (tertiary/aromatic N) is 1. The van der Waals surface area contributed by atoms with Gasteiger partial charge in [-0.1, -0.05) is 13.3 Å². The van der Waals surface area contributed by atoms with Gasteiger partial charge in [0.1, 0.15) is 5.60 Å². The van der Waals surface area contributed by atoms with Crippen LogP contribution in [0.5, 0.6) is 0 Å². The fraction of sp³-hybridized carbons (Fsp3) is 0.727. The monoisotopic (exact) mass is 243 g/mol. The Bertz CT molecular complexity index is 282.